The van der Waals surface area contributed by atoms with Crippen LogP contribution in [-0.4, -0.2) is 28.4 Å². The molecule has 92 valence electrons. The van der Waals surface area contributed by atoms with Crippen LogP contribution in [0.2, 0.25) is 0 Å². The Bertz CT molecular complexity index is 419. The normalized spacial score (nSPS) is 24.7. The van der Waals surface area contributed by atoms with Gasteiger partial charge in [-0.25, -0.2) is 4.98 Å². The molecule has 1 aliphatic rings. The lowest BCUT2D eigenvalue weighted by molar-refractivity contribution is 0.0569. The molecule has 1 saturated heterocycles. The summed E-state index contributed by atoms with van der Waals surface area (Å²) in [6.07, 6.45) is 3.85. The summed E-state index contributed by atoms with van der Waals surface area (Å²) in [4.78, 5) is 18.4. The van der Waals surface area contributed by atoms with Crippen molar-refractivity contribution < 1.29 is 4.79 Å². The molecular formula is C13H19N3O. The van der Waals surface area contributed by atoms with Crippen LogP contribution in [0.1, 0.15) is 37.2 Å². The molecule has 2 N–H and O–H groups in total. The molecule has 17 heavy (non-hydrogen) atoms. The van der Waals surface area contributed by atoms with Crippen LogP contribution in [-0.2, 0) is 0 Å². The second-order valence-corrected chi connectivity index (χ2v) is 4.93. The molecule has 1 aliphatic heterocycles. The first-order valence-corrected chi connectivity index (χ1v) is 6.11. The number of carbonyl (C=O) groups is 1. The van der Waals surface area contributed by atoms with Crippen molar-refractivity contribution in [3.8, 4) is 0 Å². The fourth-order valence-electron chi connectivity index (χ4n) is 2.30. The molecule has 0 radical (unpaired) electrons. The molecule has 0 bridgehead atoms. The minimum Gasteiger partial charge on any atom is -0.397 e. The first-order chi connectivity index (χ1) is 8.09. The highest BCUT2D eigenvalue weighted by atomic mass is 16.2. The lowest BCUT2D eigenvalue weighted by Crippen LogP contribution is -2.45. The number of likely N-dealkylation sites (tertiary alicyclic amines) is 1. The largest absolute Gasteiger partial charge is 0.397 e. The van der Waals surface area contributed by atoms with Crippen molar-refractivity contribution in [1.82, 2.24) is 9.88 Å². The van der Waals surface area contributed by atoms with Crippen molar-refractivity contribution in [3.63, 3.8) is 0 Å². The molecule has 1 amide bonds. The summed E-state index contributed by atoms with van der Waals surface area (Å²) < 4.78 is 0. The average molecular weight is 233 g/mol. The molecule has 0 spiro atoms. The molecule has 2 unspecified atom stereocenters. The summed E-state index contributed by atoms with van der Waals surface area (Å²) in [5.41, 5.74) is 6.64. The molecule has 1 fully saturated rings. The number of amides is 1. The smallest absolute Gasteiger partial charge is 0.274 e. The summed E-state index contributed by atoms with van der Waals surface area (Å²) in [6, 6.07) is 3.74. The summed E-state index contributed by atoms with van der Waals surface area (Å²) in [6.45, 7) is 5.06. The summed E-state index contributed by atoms with van der Waals surface area (Å²) in [5, 5.41) is 0. The number of anilines is 1. The minimum absolute atomic E-state index is 0.0397. The van der Waals surface area contributed by atoms with Gasteiger partial charge < -0.3 is 10.6 Å². The quantitative estimate of drug-likeness (QED) is 0.806. The Morgan fingerprint density at radius 3 is 2.94 bits per heavy atom. The number of hydrogen-bond acceptors (Lipinski definition) is 3. The zero-order valence-corrected chi connectivity index (χ0v) is 10.4. The number of rotatable bonds is 1. The van der Waals surface area contributed by atoms with Gasteiger partial charge in [0.2, 0.25) is 0 Å². The Labute approximate surface area is 102 Å². The second-order valence-electron chi connectivity index (χ2n) is 4.93. The molecule has 4 heteroatoms. The lowest BCUT2D eigenvalue weighted by Gasteiger charge is -2.36. The number of aromatic nitrogens is 1. The van der Waals surface area contributed by atoms with E-state index in [-0.39, 0.29) is 11.9 Å². The van der Waals surface area contributed by atoms with Gasteiger partial charge in [0.05, 0.1) is 5.69 Å². The van der Waals surface area contributed by atoms with E-state index in [0.717, 1.165) is 13.0 Å². The third-order valence-corrected chi connectivity index (χ3v) is 3.42. The topological polar surface area (TPSA) is 59.2 Å². The van der Waals surface area contributed by atoms with E-state index in [1.54, 1.807) is 18.3 Å². The Morgan fingerprint density at radius 2 is 2.24 bits per heavy atom. The van der Waals surface area contributed by atoms with Gasteiger partial charge in [0.1, 0.15) is 0 Å². The van der Waals surface area contributed by atoms with E-state index in [2.05, 4.69) is 18.8 Å². The SMILES string of the molecule is CC1CCC(C)N(C(=O)c2ncccc2N)C1. The minimum atomic E-state index is -0.0397. The summed E-state index contributed by atoms with van der Waals surface area (Å²) in [7, 11) is 0. The van der Waals surface area contributed by atoms with Crippen LogP contribution >= 0.6 is 0 Å². The molecular weight excluding hydrogens is 214 g/mol. The van der Waals surface area contributed by atoms with Gasteiger partial charge in [-0.05, 0) is 37.8 Å². The van der Waals surface area contributed by atoms with Gasteiger partial charge in [0.15, 0.2) is 5.69 Å². The van der Waals surface area contributed by atoms with Crippen LogP contribution in [0.4, 0.5) is 5.69 Å². The van der Waals surface area contributed by atoms with E-state index in [9.17, 15) is 4.79 Å². The van der Waals surface area contributed by atoms with E-state index in [1.165, 1.54) is 6.42 Å². The van der Waals surface area contributed by atoms with Crippen molar-refractivity contribution in [3.05, 3.63) is 24.0 Å². The molecule has 1 aromatic rings. The highest BCUT2D eigenvalue weighted by molar-refractivity contribution is 5.97. The first-order valence-electron chi connectivity index (χ1n) is 6.11. The maximum absolute atomic E-state index is 12.4. The van der Waals surface area contributed by atoms with Crippen LogP contribution in [0.25, 0.3) is 0 Å². The van der Waals surface area contributed by atoms with Crippen LogP contribution in [0.15, 0.2) is 18.3 Å². The Morgan fingerprint density at radius 1 is 1.47 bits per heavy atom. The van der Waals surface area contributed by atoms with Crippen molar-refractivity contribution in [2.24, 2.45) is 5.92 Å². The van der Waals surface area contributed by atoms with Gasteiger partial charge in [-0.15, -0.1) is 0 Å². The van der Waals surface area contributed by atoms with Gasteiger partial charge in [-0.1, -0.05) is 6.92 Å². The molecule has 2 heterocycles. The molecule has 2 atom stereocenters. The summed E-state index contributed by atoms with van der Waals surface area (Å²) >= 11 is 0. The van der Waals surface area contributed by atoms with Crippen LogP contribution in [0, 0.1) is 5.92 Å². The molecule has 1 aromatic heterocycles. The van der Waals surface area contributed by atoms with Gasteiger partial charge in [-0.2, -0.15) is 0 Å². The molecule has 4 nitrogen and oxygen atoms in total. The van der Waals surface area contributed by atoms with Gasteiger partial charge in [0, 0.05) is 18.8 Å². The molecule has 0 aromatic carbocycles. The van der Waals surface area contributed by atoms with E-state index in [4.69, 9.17) is 5.73 Å². The third kappa shape index (κ3) is 2.40. The van der Waals surface area contributed by atoms with Gasteiger partial charge >= 0.3 is 0 Å². The predicted octanol–water partition coefficient (Wildman–Crippen LogP) is 1.92. The van der Waals surface area contributed by atoms with Crippen molar-refractivity contribution >= 4 is 11.6 Å². The standard InChI is InChI=1S/C13H19N3O/c1-9-5-6-10(2)16(8-9)13(17)12-11(14)4-3-7-15-12/h3-4,7,9-10H,5-6,8,14H2,1-2H3. The van der Waals surface area contributed by atoms with Crippen molar-refractivity contribution in [2.75, 3.05) is 12.3 Å². The van der Waals surface area contributed by atoms with Crippen molar-refractivity contribution in [2.45, 2.75) is 32.7 Å². The van der Waals surface area contributed by atoms with E-state index >= 15 is 0 Å². The zero-order chi connectivity index (χ0) is 12.4. The lowest BCUT2D eigenvalue weighted by atomic mass is 9.94. The second kappa shape index (κ2) is 4.73. The van der Waals surface area contributed by atoms with Crippen LogP contribution in [0.5, 0.6) is 0 Å². The van der Waals surface area contributed by atoms with Crippen LogP contribution < -0.4 is 5.73 Å². The Hall–Kier alpha value is -1.58. The zero-order valence-electron chi connectivity index (χ0n) is 10.4. The number of piperidine rings is 1. The van der Waals surface area contributed by atoms with Crippen molar-refractivity contribution in [1.29, 1.82) is 0 Å². The van der Waals surface area contributed by atoms with Gasteiger partial charge in [-0.3, -0.25) is 4.79 Å². The highest BCUT2D eigenvalue weighted by Crippen LogP contribution is 2.23. The maximum Gasteiger partial charge on any atom is 0.274 e. The number of nitrogens with zero attached hydrogens (tertiary/aromatic N) is 2. The molecule has 2 rings (SSSR count). The van der Waals surface area contributed by atoms with E-state index in [0.29, 0.717) is 17.3 Å². The number of hydrogen-bond donors (Lipinski definition) is 1. The number of nitrogen functional groups attached to an aromatic ring is 1. The highest BCUT2D eigenvalue weighted by Gasteiger charge is 2.29. The average Bonchev–Trinajstić information content (AvgIpc) is 2.32. The summed E-state index contributed by atoms with van der Waals surface area (Å²) in [5.74, 6) is 0.516. The maximum atomic E-state index is 12.4. The predicted molar refractivity (Wildman–Crippen MR) is 67.5 cm³/mol. The monoisotopic (exact) mass is 233 g/mol. The fraction of sp³-hybridized carbons (Fsp3) is 0.538. The van der Waals surface area contributed by atoms with Crippen LogP contribution in [0.3, 0.4) is 0 Å². The van der Waals surface area contributed by atoms with E-state index in [1.807, 2.05) is 4.90 Å². The van der Waals surface area contributed by atoms with Gasteiger partial charge in [0.25, 0.3) is 5.91 Å². The van der Waals surface area contributed by atoms with E-state index < -0.39 is 0 Å². The molecule has 0 saturated carbocycles. The Balaban J connectivity index is 2.22. The first kappa shape index (κ1) is 11.9. The molecule has 0 aliphatic carbocycles. The number of carbonyl (C=O) groups excluding carboxylic acids is 1. The fourth-order valence-corrected chi connectivity index (χ4v) is 2.30. The Kier molecular flexibility index (Phi) is 3.31. The number of nitrogens with two attached hydrogens (primary N) is 1. The third-order valence-electron chi connectivity index (χ3n) is 3.42. The number of pyridine rings is 1.